The molecule has 2 aliphatic rings. The van der Waals surface area contributed by atoms with Crippen LogP contribution in [-0.4, -0.2) is 47.7 Å². The maximum absolute atomic E-state index is 13.1. The SMILES string of the molecule is CCN1c2cc(OC)c(/C=C3/SC(=O)N(CC(=O)Nc4ccc(Cl)cc4)C3=O)cc2C(C)CC1(C)C. The smallest absolute Gasteiger partial charge is 0.294 e. The molecule has 1 saturated heterocycles. The van der Waals surface area contributed by atoms with Gasteiger partial charge in [0.1, 0.15) is 12.3 Å². The standard InChI is InChI=1S/C27H30ClN3O4S/c1-6-31-21-13-22(35-5)17(11-20(21)16(2)14-27(31,3)4)12-23-25(33)30(26(34)36-23)15-24(32)29-19-9-7-18(28)8-10-19/h7-13,16H,6,14-15H2,1-5H3,(H,29,32)/b23-12+. The summed E-state index contributed by atoms with van der Waals surface area (Å²) in [6, 6.07) is 10.7. The number of carbonyl (C=O) groups is 3. The molecule has 0 aromatic heterocycles. The lowest BCUT2D eigenvalue weighted by atomic mass is 9.79. The molecule has 0 saturated carbocycles. The van der Waals surface area contributed by atoms with Gasteiger partial charge in [0.2, 0.25) is 5.91 Å². The van der Waals surface area contributed by atoms with Crippen LogP contribution in [0.2, 0.25) is 5.02 Å². The van der Waals surface area contributed by atoms with Crippen LogP contribution in [0.1, 0.15) is 51.2 Å². The molecule has 1 fully saturated rings. The molecule has 1 N–H and O–H groups in total. The maximum Gasteiger partial charge on any atom is 0.294 e. The van der Waals surface area contributed by atoms with E-state index in [1.54, 1.807) is 37.5 Å². The van der Waals surface area contributed by atoms with Gasteiger partial charge in [-0.05, 0) is 86.8 Å². The fourth-order valence-corrected chi connectivity index (χ4v) is 6.03. The number of amides is 3. The minimum Gasteiger partial charge on any atom is -0.496 e. The number of hydrogen-bond donors (Lipinski definition) is 1. The summed E-state index contributed by atoms with van der Waals surface area (Å²) < 4.78 is 5.68. The highest BCUT2D eigenvalue weighted by atomic mass is 35.5. The Kier molecular flexibility index (Phi) is 7.38. The molecule has 7 nitrogen and oxygen atoms in total. The van der Waals surface area contributed by atoms with E-state index in [2.05, 4.69) is 44.0 Å². The fraction of sp³-hybridized carbons (Fsp3) is 0.370. The highest BCUT2D eigenvalue weighted by Gasteiger charge is 2.38. The summed E-state index contributed by atoms with van der Waals surface area (Å²) in [6.45, 7) is 9.33. The lowest BCUT2D eigenvalue weighted by Crippen LogP contribution is -2.48. The summed E-state index contributed by atoms with van der Waals surface area (Å²) in [5, 5.41) is 2.74. The quantitative estimate of drug-likeness (QED) is 0.455. The van der Waals surface area contributed by atoms with Crippen molar-refractivity contribution in [1.29, 1.82) is 0 Å². The van der Waals surface area contributed by atoms with Crippen LogP contribution >= 0.6 is 23.4 Å². The Hall–Kier alpha value is -2.97. The molecule has 0 radical (unpaired) electrons. The van der Waals surface area contributed by atoms with E-state index < -0.39 is 17.1 Å². The summed E-state index contributed by atoms with van der Waals surface area (Å²) in [6.07, 6.45) is 2.68. The van der Waals surface area contributed by atoms with Gasteiger partial charge in [0, 0.05) is 40.1 Å². The number of thioether (sulfide) groups is 1. The first-order chi connectivity index (χ1) is 17.0. The van der Waals surface area contributed by atoms with Gasteiger partial charge in [-0.2, -0.15) is 0 Å². The molecule has 36 heavy (non-hydrogen) atoms. The average molecular weight is 528 g/mol. The second kappa shape index (κ2) is 10.2. The van der Waals surface area contributed by atoms with Gasteiger partial charge >= 0.3 is 0 Å². The van der Waals surface area contributed by atoms with Crippen molar-refractivity contribution in [3.63, 3.8) is 0 Å². The predicted molar refractivity (Wildman–Crippen MR) is 146 cm³/mol. The van der Waals surface area contributed by atoms with Crippen LogP contribution in [-0.2, 0) is 9.59 Å². The van der Waals surface area contributed by atoms with Crippen molar-refractivity contribution in [3.8, 4) is 5.75 Å². The van der Waals surface area contributed by atoms with E-state index in [0.29, 0.717) is 22.4 Å². The van der Waals surface area contributed by atoms with Gasteiger partial charge in [0.05, 0.1) is 12.0 Å². The first kappa shape index (κ1) is 26.1. The average Bonchev–Trinajstić information content (AvgIpc) is 3.07. The first-order valence-electron chi connectivity index (χ1n) is 11.8. The molecular weight excluding hydrogens is 498 g/mol. The third kappa shape index (κ3) is 5.11. The minimum atomic E-state index is -0.500. The summed E-state index contributed by atoms with van der Waals surface area (Å²) >= 11 is 6.70. The number of ether oxygens (including phenoxy) is 1. The molecule has 2 aliphatic heterocycles. The number of fused-ring (bicyclic) bond motifs is 1. The minimum absolute atomic E-state index is 0.0168. The second-order valence-corrected chi connectivity index (χ2v) is 11.1. The van der Waals surface area contributed by atoms with Gasteiger partial charge in [-0.25, -0.2) is 0 Å². The van der Waals surface area contributed by atoms with Crippen molar-refractivity contribution < 1.29 is 19.1 Å². The Bertz CT molecular complexity index is 1240. The molecule has 4 rings (SSSR count). The fourth-order valence-electron chi connectivity index (χ4n) is 5.07. The van der Waals surface area contributed by atoms with Crippen molar-refractivity contribution in [3.05, 3.63) is 57.5 Å². The van der Waals surface area contributed by atoms with E-state index in [4.69, 9.17) is 16.3 Å². The molecule has 2 aromatic carbocycles. The number of rotatable bonds is 6. The Morgan fingerprint density at radius 3 is 2.58 bits per heavy atom. The van der Waals surface area contributed by atoms with Gasteiger partial charge in [-0.15, -0.1) is 0 Å². The Morgan fingerprint density at radius 2 is 1.94 bits per heavy atom. The van der Waals surface area contributed by atoms with Crippen LogP contribution in [0, 0.1) is 0 Å². The molecule has 2 aromatic rings. The zero-order chi connectivity index (χ0) is 26.2. The number of nitrogens with one attached hydrogen (secondary N) is 1. The number of hydrogen-bond acceptors (Lipinski definition) is 6. The monoisotopic (exact) mass is 527 g/mol. The number of carbonyl (C=O) groups excluding carboxylic acids is 3. The van der Waals surface area contributed by atoms with Crippen LogP contribution in [0.4, 0.5) is 16.2 Å². The van der Waals surface area contributed by atoms with Gasteiger partial charge in [-0.1, -0.05) is 18.5 Å². The number of imide groups is 1. The predicted octanol–water partition coefficient (Wildman–Crippen LogP) is 6.14. The second-order valence-electron chi connectivity index (χ2n) is 9.64. The van der Waals surface area contributed by atoms with E-state index in [1.807, 2.05) is 6.07 Å². The third-order valence-electron chi connectivity index (χ3n) is 6.64. The summed E-state index contributed by atoms with van der Waals surface area (Å²) in [4.78, 5) is 41.7. The summed E-state index contributed by atoms with van der Waals surface area (Å²) in [7, 11) is 1.60. The van der Waals surface area contributed by atoms with E-state index in [9.17, 15) is 14.4 Å². The van der Waals surface area contributed by atoms with E-state index in [0.717, 1.165) is 40.9 Å². The van der Waals surface area contributed by atoms with Crippen LogP contribution < -0.4 is 15.0 Å². The number of halogens is 1. The summed E-state index contributed by atoms with van der Waals surface area (Å²) in [5.41, 5.74) is 3.59. The molecule has 1 unspecified atom stereocenters. The van der Waals surface area contributed by atoms with Gasteiger partial charge in [0.15, 0.2) is 0 Å². The number of anilines is 2. The molecular formula is C27H30ClN3O4S. The molecule has 0 spiro atoms. The van der Waals surface area contributed by atoms with Crippen molar-refractivity contribution >= 4 is 57.9 Å². The maximum atomic E-state index is 13.1. The van der Waals surface area contributed by atoms with E-state index in [-0.39, 0.29) is 17.0 Å². The molecule has 2 heterocycles. The first-order valence-corrected chi connectivity index (χ1v) is 13.0. The van der Waals surface area contributed by atoms with Crippen molar-refractivity contribution in [2.75, 3.05) is 30.4 Å². The lowest BCUT2D eigenvalue weighted by Gasteiger charge is -2.47. The van der Waals surface area contributed by atoms with Crippen LogP contribution in [0.15, 0.2) is 41.3 Å². The van der Waals surface area contributed by atoms with Crippen molar-refractivity contribution in [1.82, 2.24) is 4.90 Å². The van der Waals surface area contributed by atoms with E-state index in [1.165, 1.54) is 5.56 Å². The largest absolute Gasteiger partial charge is 0.496 e. The number of benzene rings is 2. The number of nitrogens with zero attached hydrogens (tertiary/aromatic N) is 2. The van der Waals surface area contributed by atoms with Crippen molar-refractivity contribution in [2.24, 2.45) is 0 Å². The van der Waals surface area contributed by atoms with Gasteiger partial charge in [-0.3, -0.25) is 19.3 Å². The molecule has 9 heteroatoms. The molecule has 0 aliphatic carbocycles. The highest BCUT2D eigenvalue weighted by molar-refractivity contribution is 8.18. The molecule has 3 amide bonds. The van der Waals surface area contributed by atoms with Crippen LogP contribution in [0.5, 0.6) is 5.75 Å². The number of methoxy groups -OCH3 is 1. The molecule has 1 atom stereocenters. The van der Waals surface area contributed by atoms with Gasteiger partial charge < -0.3 is 15.0 Å². The third-order valence-corrected chi connectivity index (χ3v) is 7.80. The zero-order valence-electron chi connectivity index (χ0n) is 21.1. The van der Waals surface area contributed by atoms with Crippen molar-refractivity contribution in [2.45, 2.75) is 45.6 Å². The normalized spacial score (nSPS) is 20.1. The zero-order valence-corrected chi connectivity index (χ0v) is 22.6. The van der Waals surface area contributed by atoms with Gasteiger partial charge in [0.25, 0.3) is 11.1 Å². The molecule has 190 valence electrons. The van der Waals surface area contributed by atoms with Crippen LogP contribution in [0.25, 0.3) is 6.08 Å². The highest BCUT2D eigenvalue weighted by Crippen LogP contribution is 2.46. The topological polar surface area (TPSA) is 79.0 Å². The Morgan fingerprint density at radius 1 is 1.25 bits per heavy atom. The summed E-state index contributed by atoms with van der Waals surface area (Å²) in [5.74, 6) is -0.0180. The lowest BCUT2D eigenvalue weighted by molar-refractivity contribution is -0.127. The van der Waals surface area contributed by atoms with Crippen LogP contribution in [0.3, 0.4) is 0 Å². The Balaban J connectivity index is 1.58. The van der Waals surface area contributed by atoms with E-state index >= 15 is 0 Å². The molecule has 0 bridgehead atoms. The Labute approximate surface area is 220 Å².